The van der Waals surface area contributed by atoms with Crippen LogP contribution in [0.4, 0.5) is 4.39 Å². The van der Waals surface area contributed by atoms with Gasteiger partial charge in [-0.1, -0.05) is 11.6 Å². The molecular formula is C23H16ClFN6O4S. The highest BCUT2D eigenvalue weighted by molar-refractivity contribution is 7.22. The molecule has 5 rings (SSSR count). The topological polar surface area (TPSA) is 128 Å². The molecule has 0 aliphatic carbocycles. The second-order valence-corrected chi connectivity index (χ2v) is 9.28. The second-order valence-electron chi connectivity index (χ2n) is 7.82. The van der Waals surface area contributed by atoms with E-state index in [1.165, 1.54) is 41.8 Å². The van der Waals surface area contributed by atoms with Crippen molar-refractivity contribution in [1.29, 1.82) is 5.26 Å². The van der Waals surface area contributed by atoms with Gasteiger partial charge in [0, 0.05) is 24.0 Å². The van der Waals surface area contributed by atoms with Gasteiger partial charge < -0.3 is 9.72 Å². The van der Waals surface area contributed by atoms with Crippen LogP contribution in [0.15, 0.2) is 45.0 Å². The van der Waals surface area contributed by atoms with Crippen molar-refractivity contribution in [3.8, 4) is 27.9 Å². The lowest BCUT2D eigenvalue weighted by Crippen LogP contribution is -2.38. The molecule has 0 saturated heterocycles. The van der Waals surface area contributed by atoms with E-state index in [2.05, 4.69) is 9.97 Å². The normalized spacial score (nSPS) is 11.3. The van der Waals surface area contributed by atoms with E-state index >= 15 is 0 Å². The number of halogens is 2. The molecule has 13 heteroatoms. The van der Waals surface area contributed by atoms with E-state index in [4.69, 9.17) is 21.6 Å². The first-order valence-electron chi connectivity index (χ1n) is 10.5. The maximum Gasteiger partial charge on any atom is 0.336 e. The van der Waals surface area contributed by atoms with Crippen molar-refractivity contribution in [2.45, 2.75) is 13.0 Å². The predicted molar refractivity (Wildman–Crippen MR) is 134 cm³/mol. The van der Waals surface area contributed by atoms with Gasteiger partial charge in [-0.15, -0.1) is 11.3 Å². The fourth-order valence-corrected chi connectivity index (χ4v) is 5.53. The van der Waals surface area contributed by atoms with Crippen molar-refractivity contribution >= 4 is 44.2 Å². The van der Waals surface area contributed by atoms with Gasteiger partial charge in [0.05, 0.1) is 59.3 Å². The first kappa shape index (κ1) is 23.5. The summed E-state index contributed by atoms with van der Waals surface area (Å²) in [6, 6.07) is 6.14. The summed E-state index contributed by atoms with van der Waals surface area (Å²) in [5, 5.41) is 9.26. The summed E-state index contributed by atoms with van der Waals surface area (Å²) in [7, 11) is 2.83. The van der Waals surface area contributed by atoms with E-state index in [1.807, 2.05) is 6.07 Å². The number of pyridine rings is 1. The zero-order valence-electron chi connectivity index (χ0n) is 18.8. The first-order valence-corrected chi connectivity index (χ1v) is 11.7. The molecule has 5 aromatic rings. The Hall–Kier alpha value is -4.21. The molecule has 36 heavy (non-hydrogen) atoms. The fourth-order valence-electron chi connectivity index (χ4n) is 4.10. The number of nitrogens with zero attached hydrogens (tertiary/aromatic N) is 5. The molecule has 0 aliphatic rings. The van der Waals surface area contributed by atoms with Crippen LogP contribution in [0.5, 0.6) is 5.75 Å². The van der Waals surface area contributed by atoms with Gasteiger partial charge in [-0.3, -0.25) is 18.9 Å². The fraction of sp³-hybridized carbons (Fsp3) is 0.174. The number of aryl methyl sites for hydroxylation is 2. The summed E-state index contributed by atoms with van der Waals surface area (Å²) < 4.78 is 22.9. The number of thiophene rings is 1. The number of hydrogen-bond acceptors (Lipinski definition) is 7. The number of imidazole rings is 1. The van der Waals surface area contributed by atoms with Gasteiger partial charge in [-0.2, -0.15) is 5.26 Å². The van der Waals surface area contributed by atoms with E-state index in [-0.39, 0.29) is 34.1 Å². The average molecular weight is 527 g/mol. The van der Waals surface area contributed by atoms with E-state index < -0.39 is 22.8 Å². The van der Waals surface area contributed by atoms with Gasteiger partial charge in [0.15, 0.2) is 11.6 Å². The summed E-state index contributed by atoms with van der Waals surface area (Å²) in [5.41, 5.74) is -0.248. The quantitative estimate of drug-likeness (QED) is 0.374. The summed E-state index contributed by atoms with van der Waals surface area (Å²) in [6.45, 7) is 0.0121. The molecule has 0 bridgehead atoms. The Morgan fingerprint density at radius 2 is 2.03 bits per heavy atom. The Kier molecular flexibility index (Phi) is 5.74. The smallest absolute Gasteiger partial charge is 0.336 e. The largest absolute Gasteiger partial charge is 0.494 e. The van der Waals surface area contributed by atoms with Crippen molar-refractivity contribution in [1.82, 2.24) is 23.7 Å². The van der Waals surface area contributed by atoms with E-state index in [0.717, 1.165) is 22.0 Å². The zero-order valence-corrected chi connectivity index (χ0v) is 20.4. The number of rotatable bonds is 5. The minimum atomic E-state index is -0.696. The number of nitrogens with one attached hydrogen (secondary N) is 1. The van der Waals surface area contributed by atoms with Crippen molar-refractivity contribution in [3.05, 3.63) is 72.8 Å². The first-order chi connectivity index (χ1) is 17.3. The number of fused-ring (bicyclic) bond motifs is 2. The van der Waals surface area contributed by atoms with Crippen LogP contribution in [-0.4, -0.2) is 30.8 Å². The third kappa shape index (κ3) is 3.52. The van der Waals surface area contributed by atoms with E-state index in [0.29, 0.717) is 27.0 Å². The van der Waals surface area contributed by atoms with Crippen LogP contribution in [-0.2, 0) is 13.6 Å². The van der Waals surface area contributed by atoms with Gasteiger partial charge in [0.25, 0.3) is 5.56 Å². The van der Waals surface area contributed by atoms with Gasteiger partial charge in [0.1, 0.15) is 4.70 Å². The summed E-state index contributed by atoms with van der Waals surface area (Å²) in [6.07, 6.45) is 2.76. The molecule has 0 spiro atoms. The highest BCUT2D eigenvalue weighted by Gasteiger charge is 2.22. The molecule has 0 unspecified atom stereocenters. The van der Waals surface area contributed by atoms with E-state index in [9.17, 15) is 18.8 Å². The SMILES string of the molecule is COc1cc(-c2cc3c(s2)c(=O)n(-c2cncc4[nH]c(=O)n(C)c24)c(=O)n3CCC#N)c(Cl)cc1F. The number of hydrogen-bond donors (Lipinski definition) is 1. The van der Waals surface area contributed by atoms with Crippen molar-refractivity contribution < 1.29 is 9.13 Å². The number of aromatic amines is 1. The van der Waals surface area contributed by atoms with Crippen LogP contribution in [0, 0.1) is 17.1 Å². The molecule has 182 valence electrons. The van der Waals surface area contributed by atoms with E-state index in [1.54, 1.807) is 6.07 Å². The molecule has 0 atom stereocenters. The molecule has 0 fully saturated rings. The van der Waals surface area contributed by atoms with Crippen molar-refractivity contribution in [2.75, 3.05) is 7.11 Å². The van der Waals surface area contributed by atoms with Crippen LogP contribution in [0.3, 0.4) is 0 Å². The Bertz CT molecular complexity index is 1910. The molecular weight excluding hydrogens is 511 g/mol. The van der Waals surface area contributed by atoms with Crippen molar-refractivity contribution in [2.24, 2.45) is 7.05 Å². The predicted octanol–water partition coefficient (Wildman–Crippen LogP) is 3.17. The maximum absolute atomic E-state index is 14.1. The number of H-pyrrole nitrogens is 1. The maximum atomic E-state index is 14.1. The lowest BCUT2D eigenvalue weighted by Gasteiger charge is -2.12. The second kappa shape index (κ2) is 8.78. The standard InChI is InChI=1S/C23H16ClFN6O4S/c1-29-19-14(28-22(29)33)9-27-10-16(19)31-21(32)20-15(30(23(31)34)5-3-4-26)8-18(36-20)11-6-17(35-2)13(25)7-12(11)24/h6-10H,3,5H2,1-2H3,(H,28,33). The summed E-state index contributed by atoms with van der Waals surface area (Å²) in [4.78, 5) is 46.7. The van der Waals surface area contributed by atoms with Crippen LogP contribution in [0.1, 0.15) is 6.42 Å². The lowest BCUT2D eigenvalue weighted by atomic mass is 10.1. The molecule has 1 aromatic carbocycles. The van der Waals surface area contributed by atoms with Crippen LogP contribution in [0.25, 0.3) is 37.4 Å². The molecule has 4 heterocycles. The molecule has 0 radical (unpaired) electrons. The minimum absolute atomic E-state index is 0.00854. The van der Waals surface area contributed by atoms with Crippen LogP contribution < -0.4 is 21.7 Å². The van der Waals surface area contributed by atoms with Crippen LogP contribution >= 0.6 is 22.9 Å². The summed E-state index contributed by atoms with van der Waals surface area (Å²) in [5.74, 6) is -0.671. The highest BCUT2D eigenvalue weighted by Crippen LogP contribution is 2.39. The van der Waals surface area contributed by atoms with Crippen molar-refractivity contribution in [3.63, 3.8) is 0 Å². The molecule has 1 N–H and O–H groups in total. The Labute approximate surface area is 210 Å². The molecule has 0 saturated carbocycles. The third-order valence-corrected chi connectivity index (χ3v) is 7.26. The molecule has 0 aliphatic heterocycles. The average Bonchev–Trinajstić information content (AvgIpc) is 3.41. The minimum Gasteiger partial charge on any atom is -0.494 e. The number of ether oxygens (including phenoxy) is 1. The Balaban J connectivity index is 1.87. The Morgan fingerprint density at radius 1 is 1.25 bits per heavy atom. The number of aromatic nitrogens is 5. The number of nitriles is 1. The molecule has 10 nitrogen and oxygen atoms in total. The number of methoxy groups -OCH3 is 1. The van der Waals surface area contributed by atoms with Crippen LogP contribution in [0.2, 0.25) is 5.02 Å². The highest BCUT2D eigenvalue weighted by atomic mass is 35.5. The van der Waals surface area contributed by atoms with Gasteiger partial charge in [-0.25, -0.2) is 18.5 Å². The lowest BCUT2D eigenvalue weighted by molar-refractivity contribution is 0.387. The zero-order chi connectivity index (χ0) is 25.7. The van der Waals surface area contributed by atoms with Gasteiger partial charge >= 0.3 is 11.4 Å². The summed E-state index contributed by atoms with van der Waals surface area (Å²) >= 11 is 7.36. The monoisotopic (exact) mass is 526 g/mol. The molecule has 4 aromatic heterocycles. The molecule has 0 amide bonds. The number of benzene rings is 1. The third-order valence-electron chi connectivity index (χ3n) is 5.80. The van der Waals surface area contributed by atoms with Gasteiger partial charge in [-0.05, 0) is 18.2 Å². The van der Waals surface area contributed by atoms with Gasteiger partial charge in [0.2, 0.25) is 0 Å². The Morgan fingerprint density at radius 3 is 2.75 bits per heavy atom.